The van der Waals surface area contributed by atoms with E-state index in [1.165, 1.54) is 0 Å². The zero-order valence-corrected chi connectivity index (χ0v) is 6.80. The van der Waals surface area contributed by atoms with Crippen molar-refractivity contribution in [3.8, 4) is 0 Å². The third kappa shape index (κ3) is 1.96. The van der Waals surface area contributed by atoms with Gasteiger partial charge < -0.3 is 10.4 Å². The molecule has 1 rings (SSSR count). The minimum Gasteiger partial charge on any atom is -0.391 e. The van der Waals surface area contributed by atoms with Gasteiger partial charge in [-0.3, -0.25) is 0 Å². The summed E-state index contributed by atoms with van der Waals surface area (Å²) >= 11 is 0. The summed E-state index contributed by atoms with van der Waals surface area (Å²) in [6.45, 7) is 5.36. The summed E-state index contributed by atoms with van der Waals surface area (Å²) < 4.78 is 0. The molecule has 0 saturated carbocycles. The maximum absolute atomic E-state index is 9.38. The predicted molar refractivity (Wildman–Crippen MR) is 41.9 cm³/mol. The molecule has 0 spiro atoms. The highest BCUT2D eigenvalue weighted by Gasteiger charge is 2.24. The number of nitrogens with one attached hydrogen (secondary N) is 1. The van der Waals surface area contributed by atoms with E-state index in [4.69, 9.17) is 0 Å². The summed E-state index contributed by atoms with van der Waals surface area (Å²) in [7, 11) is 0. The van der Waals surface area contributed by atoms with Crippen LogP contribution < -0.4 is 5.32 Å². The quantitative estimate of drug-likeness (QED) is 0.598. The molecular formula is C8H17NO. The van der Waals surface area contributed by atoms with Crippen molar-refractivity contribution in [2.45, 2.75) is 38.8 Å². The number of hydrogen-bond donors (Lipinski definition) is 2. The molecule has 2 heteroatoms. The summed E-state index contributed by atoms with van der Waals surface area (Å²) in [6, 6.07) is 0.361. The standard InChI is InChI=1S/C8H17NO/c1-6(2)5-7-8(10)3-4-9-7/h6-10H,3-5H2,1-2H3/t7-,8?/m0/s1. The zero-order chi connectivity index (χ0) is 7.56. The predicted octanol–water partition coefficient (Wildman–Crippen LogP) is 0.755. The molecule has 1 fully saturated rings. The van der Waals surface area contributed by atoms with Crippen LogP contribution in [0.2, 0.25) is 0 Å². The molecule has 0 amide bonds. The van der Waals surface area contributed by atoms with Crippen LogP contribution in [0.3, 0.4) is 0 Å². The Kier molecular flexibility index (Phi) is 2.69. The van der Waals surface area contributed by atoms with Crippen LogP contribution >= 0.6 is 0 Å². The lowest BCUT2D eigenvalue weighted by Crippen LogP contribution is -2.31. The van der Waals surface area contributed by atoms with Crippen LogP contribution in [0.4, 0.5) is 0 Å². The lowest BCUT2D eigenvalue weighted by molar-refractivity contribution is 0.149. The van der Waals surface area contributed by atoms with E-state index in [9.17, 15) is 5.11 Å². The molecular weight excluding hydrogens is 126 g/mol. The zero-order valence-electron chi connectivity index (χ0n) is 6.80. The monoisotopic (exact) mass is 143 g/mol. The highest BCUT2D eigenvalue weighted by molar-refractivity contribution is 4.83. The van der Waals surface area contributed by atoms with Crippen LogP contribution in [-0.4, -0.2) is 23.8 Å². The van der Waals surface area contributed by atoms with E-state index in [2.05, 4.69) is 19.2 Å². The number of hydrogen-bond acceptors (Lipinski definition) is 2. The number of rotatable bonds is 2. The van der Waals surface area contributed by atoms with Crippen LogP contribution in [0.1, 0.15) is 26.7 Å². The van der Waals surface area contributed by atoms with Crippen LogP contribution in [0.5, 0.6) is 0 Å². The van der Waals surface area contributed by atoms with E-state index in [-0.39, 0.29) is 6.10 Å². The summed E-state index contributed by atoms with van der Waals surface area (Å²) in [5.74, 6) is 0.685. The molecule has 0 aliphatic carbocycles. The molecule has 0 aromatic carbocycles. The topological polar surface area (TPSA) is 32.3 Å². The van der Waals surface area contributed by atoms with Crippen molar-refractivity contribution in [3.05, 3.63) is 0 Å². The van der Waals surface area contributed by atoms with Gasteiger partial charge >= 0.3 is 0 Å². The molecule has 1 unspecified atom stereocenters. The maximum atomic E-state index is 9.38. The first kappa shape index (κ1) is 8.02. The van der Waals surface area contributed by atoms with Crippen LogP contribution in [0.25, 0.3) is 0 Å². The van der Waals surface area contributed by atoms with Crippen molar-refractivity contribution in [2.24, 2.45) is 5.92 Å². The van der Waals surface area contributed by atoms with E-state index >= 15 is 0 Å². The molecule has 2 N–H and O–H groups in total. The van der Waals surface area contributed by atoms with Crippen molar-refractivity contribution in [3.63, 3.8) is 0 Å². The third-order valence-electron chi connectivity index (χ3n) is 2.04. The molecule has 0 radical (unpaired) electrons. The summed E-state index contributed by atoms with van der Waals surface area (Å²) in [4.78, 5) is 0. The first-order valence-electron chi connectivity index (χ1n) is 4.11. The van der Waals surface area contributed by atoms with Crippen LogP contribution in [-0.2, 0) is 0 Å². The minimum absolute atomic E-state index is 0.0950. The Morgan fingerprint density at radius 1 is 1.60 bits per heavy atom. The molecule has 1 heterocycles. The molecule has 60 valence electrons. The van der Waals surface area contributed by atoms with Gasteiger partial charge in [0, 0.05) is 6.04 Å². The second-order valence-corrected chi connectivity index (χ2v) is 3.55. The Morgan fingerprint density at radius 2 is 2.30 bits per heavy atom. The van der Waals surface area contributed by atoms with Gasteiger partial charge in [0.2, 0.25) is 0 Å². The minimum atomic E-state index is -0.0950. The molecule has 0 aromatic rings. The SMILES string of the molecule is CC(C)C[C@@H]1NCCC1O. The Balaban J connectivity index is 2.26. The number of aliphatic hydroxyl groups excluding tert-OH is 1. The highest BCUT2D eigenvalue weighted by atomic mass is 16.3. The van der Waals surface area contributed by atoms with Crippen molar-refractivity contribution in [1.82, 2.24) is 5.32 Å². The smallest absolute Gasteiger partial charge is 0.0705 e. The van der Waals surface area contributed by atoms with E-state index in [0.717, 1.165) is 19.4 Å². The van der Waals surface area contributed by atoms with Gasteiger partial charge in [-0.1, -0.05) is 13.8 Å². The van der Waals surface area contributed by atoms with Gasteiger partial charge in [-0.25, -0.2) is 0 Å². The highest BCUT2D eigenvalue weighted by Crippen LogP contribution is 2.14. The van der Waals surface area contributed by atoms with Crippen molar-refractivity contribution < 1.29 is 5.11 Å². The molecule has 10 heavy (non-hydrogen) atoms. The Labute approximate surface area is 62.6 Å². The van der Waals surface area contributed by atoms with Gasteiger partial charge in [0.15, 0.2) is 0 Å². The summed E-state index contributed by atoms with van der Waals surface area (Å²) in [5.41, 5.74) is 0. The second kappa shape index (κ2) is 3.35. The van der Waals surface area contributed by atoms with Gasteiger partial charge in [-0.2, -0.15) is 0 Å². The second-order valence-electron chi connectivity index (χ2n) is 3.55. The Bertz CT molecular complexity index is 103. The van der Waals surface area contributed by atoms with E-state index in [1.807, 2.05) is 0 Å². The lowest BCUT2D eigenvalue weighted by Gasteiger charge is -2.16. The van der Waals surface area contributed by atoms with Crippen molar-refractivity contribution in [1.29, 1.82) is 0 Å². The first-order valence-corrected chi connectivity index (χ1v) is 4.11. The molecule has 0 bridgehead atoms. The lowest BCUT2D eigenvalue weighted by atomic mass is 10.0. The average Bonchev–Trinajstić information content (AvgIpc) is 2.15. The Hall–Kier alpha value is -0.0800. The average molecular weight is 143 g/mol. The number of aliphatic hydroxyl groups is 1. The molecule has 1 aliphatic rings. The maximum Gasteiger partial charge on any atom is 0.0705 e. The normalized spacial score (nSPS) is 33.6. The fraction of sp³-hybridized carbons (Fsp3) is 1.00. The van der Waals surface area contributed by atoms with E-state index < -0.39 is 0 Å². The van der Waals surface area contributed by atoms with Gasteiger partial charge in [-0.05, 0) is 25.3 Å². The van der Waals surface area contributed by atoms with Gasteiger partial charge in [0.1, 0.15) is 0 Å². The molecule has 1 saturated heterocycles. The van der Waals surface area contributed by atoms with E-state index in [1.54, 1.807) is 0 Å². The summed E-state index contributed by atoms with van der Waals surface area (Å²) in [5, 5.41) is 12.7. The molecule has 2 atom stereocenters. The summed E-state index contributed by atoms with van der Waals surface area (Å²) in [6.07, 6.45) is 1.93. The third-order valence-corrected chi connectivity index (χ3v) is 2.04. The fourth-order valence-electron chi connectivity index (χ4n) is 1.50. The molecule has 1 aliphatic heterocycles. The van der Waals surface area contributed by atoms with Gasteiger partial charge in [-0.15, -0.1) is 0 Å². The molecule has 0 aromatic heterocycles. The fourth-order valence-corrected chi connectivity index (χ4v) is 1.50. The van der Waals surface area contributed by atoms with E-state index in [0.29, 0.717) is 12.0 Å². The largest absolute Gasteiger partial charge is 0.391 e. The van der Waals surface area contributed by atoms with Gasteiger partial charge in [0.05, 0.1) is 6.10 Å². The van der Waals surface area contributed by atoms with Crippen molar-refractivity contribution in [2.75, 3.05) is 6.54 Å². The van der Waals surface area contributed by atoms with Gasteiger partial charge in [0.25, 0.3) is 0 Å². The van der Waals surface area contributed by atoms with Crippen LogP contribution in [0, 0.1) is 5.92 Å². The van der Waals surface area contributed by atoms with Crippen molar-refractivity contribution >= 4 is 0 Å². The molecule has 2 nitrogen and oxygen atoms in total. The van der Waals surface area contributed by atoms with Crippen LogP contribution in [0.15, 0.2) is 0 Å². The Morgan fingerprint density at radius 3 is 2.70 bits per heavy atom. The first-order chi connectivity index (χ1) is 4.70.